The minimum atomic E-state index is -3.17. The molecule has 0 spiro atoms. The molecule has 18 heavy (non-hydrogen) atoms. The Labute approximate surface area is 103 Å². The summed E-state index contributed by atoms with van der Waals surface area (Å²) in [4.78, 5) is 11.2. The van der Waals surface area contributed by atoms with Crippen LogP contribution in [0, 0.1) is 13.8 Å². The van der Waals surface area contributed by atoms with Gasteiger partial charge in [-0.1, -0.05) is 12.1 Å². The molecule has 0 heterocycles. The van der Waals surface area contributed by atoms with Gasteiger partial charge in [0.15, 0.2) is 5.41 Å². The topological polar surface area (TPSA) is 46.5 Å². The van der Waals surface area contributed by atoms with E-state index in [4.69, 9.17) is 9.84 Å². The van der Waals surface area contributed by atoms with Gasteiger partial charge < -0.3 is 9.84 Å². The van der Waals surface area contributed by atoms with E-state index < -0.39 is 23.7 Å². The van der Waals surface area contributed by atoms with Gasteiger partial charge in [-0.15, -0.1) is 0 Å². The number of rotatable bonds is 3. The molecule has 1 unspecified atom stereocenters. The fourth-order valence-corrected chi connectivity index (χ4v) is 2.48. The monoisotopic (exact) mass is 256 g/mol. The Hall–Kier alpha value is -1.65. The Kier molecular flexibility index (Phi) is 2.61. The van der Waals surface area contributed by atoms with Crippen LogP contribution in [0.2, 0.25) is 0 Å². The largest absolute Gasteiger partial charge is 0.496 e. The van der Waals surface area contributed by atoms with Gasteiger partial charge in [-0.05, 0) is 30.5 Å². The van der Waals surface area contributed by atoms with Crippen LogP contribution in [0.15, 0.2) is 12.1 Å². The molecule has 0 radical (unpaired) electrons. The average Bonchev–Trinajstić information content (AvgIpc) is 2.83. The third kappa shape index (κ3) is 1.50. The fourth-order valence-electron chi connectivity index (χ4n) is 2.48. The van der Waals surface area contributed by atoms with E-state index in [1.165, 1.54) is 19.2 Å². The van der Waals surface area contributed by atoms with Crippen LogP contribution >= 0.6 is 0 Å². The number of aryl methyl sites for hydroxylation is 2. The van der Waals surface area contributed by atoms with Crippen molar-refractivity contribution in [3.05, 3.63) is 28.8 Å². The van der Waals surface area contributed by atoms with Gasteiger partial charge in [-0.25, -0.2) is 8.78 Å². The number of hydrogen-bond acceptors (Lipinski definition) is 2. The molecule has 3 nitrogen and oxygen atoms in total. The van der Waals surface area contributed by atoms with E-state index in [9.17, 15) is 13.6 Å². The van der Waals surface area contributed by atoms with Crippen molar-refractivity contribution in [2.75, 3.05) is 7.11 Å². The number of ether oxygens (including phenoxy) is 1. The second kappa shape index (κ2) is 3.67. The summed E-state index contributed by atoms with van der Waals surface area (Å²) in [5.41, 5.74) is -0.586. The van der Waals surface area contributed by atoms with E-state index in [1.807, 2.05) is 0 Å². The number of hydrogen-bond donors (Lipinski definition) is 1. The molecule has 1 aliphatic carbocycles. The van der Waals surface area contributed by atoms with E-state index in [-0.39, 0.29) is 5.56 Å². The molecule has 1 atom stereocenters. The van der Waals surface area contributed by atoms with Crippen molar-refractivity contribution in [1.82, 2.24) is 0 Å². The van der Waals surface area contributed by atoms with Crippen molar-refractivity contribution in [2.24, 2.45) is 0 Å². The SMILES string of the molecule is COc1c(C)cc(C2(C(=O)O)CC2(F)F)cc1C. The maximum atomic E-state index is 13.4. The molecule has 1 saturated carbocycles. The molecule has 0 amide bonds. The fraction of sp³-hybridized carbons (Fsp3) is 0.462. The number of carbonyl (C=O) groups is 1. The lowest BCUT2D eigenvalue weighted by atomic mass is 9.91. The molecular formula is C13H14F2O3. The molecule has 0 saturated heterocycles. The van der Waals surface area contributed by atoms with Crippen molar-refractivity contribution in [3.63, 3.8) is 0 Å². The van der Waals surface area contributed by atoms with Crippen LogP contribution in [0.5, 0.6) is 5.75 Å². The summed E-state index contributed by atoms with van der Waals surface area (Å²) in [6.07, 6.45) is -0.638. The summed E-state index contributed by atoms with van der Waals surface area (Å²) in [5.74, 6) is -4.05. The first-order valence-corrected chi connectivity index (χ1v) is 5.53. The third-order valence-corrected chi connectivity index (χ3v) is 3.51. The lowest BCUT2D eigenvalue weighted by Crippen LogP contribution is -2.27. The van der Waals surface area contributed by atoms with Crippen LogP contribution in [-0.2, 0) is 10.2 Å². The van der Waals surface area contributed by atoms with Gasteiger partial charge in [0, 0.05) is 6.42 Å². The molecule has 1 N–H and O–H groups in total. The highest BCUT2D eigenvalue weighted by molar-refractivity contribution is 5.88. The highest BCUT2D eigenvalue weighted by Crippen LogP contribution is 2.62. The second-order valence-corrected chi connectivity index (χ2v) is 4.73. The summed E-state index contributed by atoms with van der Waals surface area (Å²) in [7, 11) is 1.49. The Morgan fingerprint density at radius 2 is 1.78 bits per heavy atom. The smallest absolute Gasteiger partial charge is 0.320 e. The summed E-state index contributed by atoms with van der Waals surface area (Å²) in [6, 6.07) is 2.95. The van der Waals surface area contributed by atoms with Gasteiger partial charge in [0.25, 0.3) is 5.92 Å². The van der Waals surface area contributed by atoms with Crippen LogP contribution in [0.1, 0.15) is 23.1 Å². The van der Waals surface area contributed by atoms with Crippen molar-refractivity contribution in [1.29, 1.82) is 0 Å². The molecule has 0 aromatic heterocycles. The molecule has 1 aromatic rings. The van der Waals surface area contributed by atoms with E-state index >= 15 is 0 Å². The first kappa shape index (κ1) is 12.8. The zero-order valence-corrected chi connectivity index (χ0v) is 10.4. The molecule has 1 aliphatic rings. The Bertz CT molecular complexity index is 502. The maximum absolute atomic E-state index is 13.4. The van der Waals surface area contributed by atoms with Gasteiger partial charge in [0.05, 0.1) is 7.11 Å². The van der Waals surface area contributed by atoms with Gasteiger partial charge in [-0.3, -0.25) is 4.79 Å². The lowest BCUT2D eigenvalue weighted by molar-refractivity contribution is -0.142. The van der Waals surface area contributed by atoms with Crippen LogP contribution in [-0.4, -0.2) is 24.1 Å². The molecular weight excluding hydrogens is 242 g/mol. The Balaban J connectivity index is 2.57. The zero-order valence-electron chi connectivity index (χ0n) is 10.4. The predicted octanol–water partition coefficient (Wildman–Crippen LogP) is 2.67. The van der Waals surface area contributed by atoms with Gasteiger partial charge in [-0.2, -0.15) is 0 Å². The number of carboxylic acids is 1. The Morgan fingerprint density at radius 3 is 2.06 bits per heavy atom. The number of aliphatic carboxylic acids is 1. The molecule has 2 rings (SSSR count). The number of carboxylic acid groups (broad SMARTS) is 1. The molecule has 98 valence electrons. The lowest BCUT2D eigenvalue weighted by Gasteiger charge is -2.16. The molecule has 1 aromatic carbocycles. The van der Waals surface area contributed by atoms with Gasteiger partial charge in [0.1, 0.15) is 5.75 Å². The van der Waals surface area contributed by atoms with Gasteiger partial charge >= 0.3 is 5.97 Å². The molecule has 0 aliphatic heterocycles. The molecule has 0 bridgehead atoms. The summed E-state index contributed by atoms with van der Waals surface area (Å²) >= 11 is 0. The summed E-state index contributed by atoms with van der Waals surface area (Å²) in [5, 5.41) is 9.09. The normalized spacial score (nSPS) is 24.7. The maximum Gasteiger partial charge on any atom is 0.320 e. The Morgan fingerprint density at radius 1 is 1.33 bits per heavy atom. The summed E-state index contributed by atoms with van der Waals surface area (Å²) < 4.78 is 32.0. The standard InChI is InChI=1S/C13H14F2O3/c1-7-4-9(5-8(2)10(7)18-3)12(11(16)17)6-13(12,14)15/h4-5H,6H2,1-3H3,(H,16,17). The molecule has 5 heteroatoms. The van der Waals surface area contributed by atoms with Crippen LogP contribution in [0.3, 0.4) is 0 Å². The minimum Gasteiger partial charge on any atom is -0.496 e. The summed E-state index contributed by atoms with van der Waals surface area (Å²) in [6.45, 7) is 3.43. The quantitative estimate of drug-likeness (QED) is 0.904. The van der Waals surface area contributed by atoms with E-state index in [0.717, 1.165) is 0 Å². The zero-order chi connectivity index (χ0) is 13.7. The van der Waals surface area contributed by atoms with Crippen molar-refractivity contribution >= 4 is 5.97 Å². The number of benzene rings is 1. The average molecular weight is 256 g/mol. The minimum absolute atomic E-state index is 0.149. The first-order chi connectivity index (χ1) is 8.26. The number of methoxy groups -OCH3 is 1. The van der Waals surface area contributed by atoms with Crippen molar-refractivity contribution in [3.8, 4) is 5.75 Å². The van der Waals surface area contributed by atoms with Crippen molar-refractivity contribution in [2.45, 2.75) is 31.6 Å². The first-order valence-electron chi connectivity index (χ1n) is 5.53. The van der Waals surface area contributed by atoms with Crippen LogP contribution in [0.4, 0.5) is 8.78 Å². The highest BCUT2D eigenvalue weighted by atomic mass is 19.3. The van der Waals surface area contributed by atoms with E-state index in [0.29, 0.717) is 16.9 Å². The highest BCUT2D eigenvalue weighted by Gasteiger charge is 2.77. The van der Waals surface area contributed by atoms with Crippen LogP contribution < -0.4 is 4.74 Å². The van der Waals surface area contributed by atoms with Crippen molar-refractivity contribution < 1.29 is 23.4 Å². The van der Waals surface area contributed by atoms with Gasteiger partial charge in [0.2, 0.25) is 0 Å². The van der Waals surface area contributed by atoms with Crippen LogP contribution in [0.25, 0.3) is 0 Å². The van der Waals surface area contributed by atoms with E-state index in [1.54, 1.807) is 13.8 Å². The number of halogens is 2. The number of alkyl halides is 2. The van der Waals surface area contributed by atoms with E-state index in [2.05, 4.69) is 0 Å². The second-order valence-electron chi connectivity index (χ2n) is 4.73. The third-order valence-electron chi connectivity index (χ3n) is 3.51. The predicted molar refractivity (Wildman–Crippen MR) is 61.3 cm³/mol. The molecule has 1 fully saturated rings.